The molecule has 2 aromatic heterocycles. The van der Waals surface area contributed by atoms with E-state index in [1.165, 1.54) is 23.0 Å². The smallest absolute Gasteiger partial charge is 0.329 e. The molecule has 0 spiro atoms. The maximum Gasteiger partial charge on any atom is 0.471 e. The minimum Gasteiger partial charge on any atom is -0.329 e. The van der Waals surface area contributed by atoms with E-state index in [4.69, 9.17) is 10.5 Å². The predicted molar refractivity (Wildman–Crippen MR) is 75.5 cm³/mol. The van der Waals surface area contributed by atoms with Gasteiger partial charge in [-0.05, 0) is 6.07 Å². The van der Waals surface area contributed by atoms with E-state index >= 15 is 0 Å². The minimum absolute atomic E-state index is 0.00523. The van der Waals surface area contributed by atoms with Gasteiger partial charge in [0, 0.05) is 11.1 Å². The average molecular weight is 362 g/mol. The molecule has 0 aliphatic heterocycles. The van der Waals surface area contributed by atoms with Gasteiger partial charge in [0.1, 0.15) is 18.0 Å². The topological polar surface area (TPSA) is 104 Å². The molecule has 11 heteroatoms. The lowest BCUT2D eigenvalue weighted by molar-refractivity contribution is -0.159. The molecule has 1 aromatic carbocycles. The Kier molecular flexibility index (Phi) is 4.14. The zero-order chi connectivity index (χ0) is 18.9. The van der Waals surface area contributed by atoms with Gasteiger partial charge in [0.05, 0.1) is 12.9 Å². The fourth-order valence-corrected chi connectivity index (χ4v) is 2.16. The van der Waals surface area contributed by atoms with Crippen LogP contribution in [0, 0.1) is 28.5 Å². The molecule has 7 nitrogen and oxygen atoms in total. The van der Waals surface area contributed by atoms with Crippen molar-refractivity contribution in [2.24, 2.45) is 0 Å². The fourth-order valence-electron chi connectivity index (χ4n) is 2.16. The molecule has 0 bridgehead atoms. The van der Waals surface area contributed by atoms with Gasteiger partial charge in [-0.1, -0.05) is 17.3 Å². The largest absolute Gasteiger partial charge is 0.471 e. The third-order valence-corrected chi connectivity index (χ3v) is 3.37. The molecule has 0 amide bonds. The summed E-state index contributed by atoms with van der Waals surface area (Å²) in [6.07, 6.45) is -3.57. The first kappa shape index (κ1) is 17.1. The summed E-state index contributed by atoms with van der Waals surface area (Å²) in [6.45, 7) is -0.0935. The number of halogens is 4. The molecular formula is C15H6F4N6O. The van der Waals surface area contributed by atoms with Gasteiger partial charge < -0.3 is 9.09 Å². The number of nitrogens with zero attached hydrogens (tertiary/aromatic N) is 6. The number of rotatable bonds is 3. The summed E-state index contributed by atoms with van der Waals surface area (Å²) >= 11 is 0. The van der Waals surface area contributed by atoms with E-state index in [1.54, 1.807) is 12.1 Å². The van der Waals surface area contributed by atoms with Crippen LogP contribution < -0.4 is 0 Å². The molecule has 0 radical (unpaired) electrons. The normalized spacial score (nSPS) is 11.2. The summed E-state index contributed by atoms with van der Waals surface area (Å²) in [5, 5.41) is 21.1. The van der Waals surface area contributed by atoms with E-state index in [9.17, 15) is 17.6 Å². The van der Waals surface area contributed by atoms with E-state index in [0.717, 1.165) is 6.07 Å². The molecule has 0 aliphatic rings. The highest BCUT2D eigenvalue weighted by Gasteiger charge is 2.38. The highest BCUT2D eigenvalue weighted by atomic mass is 19.4. The number of hydrogen-bond acceptors (Lipinski definition) is 6. The first-order valence-corrected chi connectivity index (χ1v) is 6.88. The van der Waals surface area contributed by atoms with E-state index in [2.05, 4.69) is 19.6 Å². The van der Waals surface area contributed by atoms with Crippen LogP contribution in [-0.4, -0.2) is 19.7 Å². The van der Waals surface area contributed by atoms with E-state index in [-0.39, 0.29) is 29.1 Å². The molecule has 26 heavy (non-hydrogen) atoms. The van der Waals surface area contributed by atoms with Crippen LogP contribution in [0.1, 0.15) is 22.8 Å². The molecule has 3 rings (SSSR count). The lowest BCUT2D eigenvalue weighted by Gasteiger charge is -2.06. The van der Waals surface area contributed by atoms with Crippen molar-refractivity contribution in [3.8, 4) is 23.5 Å². The van der Waals surface area contributed by atoms with Gasteiger partial charge in [-0.15, -0.1) is 0 Å². The summed E-state index contributed by atoms with van der Waals surface area (Å²) in [4.78, 5) is 6.92. The number of benzene rings is 1. The van der Waals surface area contributed by atoms with E-state index < -0.39 is 23.7 Å². The lowest BCUT2D eigenvalue weighted by Crippen LogP contribution is -2.05. The van der Waals surface area contributed by atoms with Gasteiger partial charge in [-0.25, -0.2) is 9.37 Å². The second-order valence-electron chi connectivity index (χ2n) is 5.02. The van der Waals surface area contributed by atoms with Crippen LogP contribution in [0.25, 0.3) is 11.4 Å². The molecule has 0 N–H and O–H groups in total. The van der Waals surface area contributed by atoms with Crippen LogP contribution in [0.4, 0.5) is 17.6 Å². The summed E-state index contributed by atoms with van der Waals surface area (Å²) in [7, 11) is 0. The second kappa shape index (κ2) is 6.29. The molecule has 0 saturated carbocycles. The molecular weight excluding hydrogens is 356 g/mol. The average Bonchev–Trinajstić information content (AvgIpc) is 3.23. The van der Waals surface area contributed by atoms with Crippen molar-refractivity contribution >= 4 is 0 Å². The number of alkyl halides is 3. The van der Waals surface area contributed by atoms with Crippen molar-refractivity contribution in [3.63, 3.8) is 0 Å². The Morgan fingerprint density at radius 2 is 1.96 bits per heavy atom. The first-order valence-electron chi connectivity index (χ1n) is 6.88. The molecule has 3 aromatic rings. The Labute approximate surface area is 142 Å². The van der Waals surface area contributed by atoms with Crippen molar-refractivity contribution in [2.75, 3.05) is 0 Å². The highest BCUT2D eigenvalue weighted by Crippen LogP contribution is 2.29. The third kappa shape index (κ3) is 3.10. The highest BCUT2D eigenvalue weighted by molar-refractivity contribution is 5.55. The summed E-state index contributed by atoms with van der Waals surface area (Å²) in [5.41, 5.74) is 0.0148. The Morgan fingerprint density at radius 1 is 1.19 bits per heavy atom. The van der Waals surface area contributed by atoms with E-state index in [1.807, 2.05) is 0 Å². The summed E-state index contributed by atoms with van der Waals surface area (Å²) < 4.78 is 57.1. The monoisotopic (exact) mass is 362 g/mol. The molecule has 0 unspecified atom stereocenters. The van der Waals surface area contributed by atoms with E-state index in [0.29, 0.717) is 0 Å². The number of hydrogen-bond donors (Lipinski definition) is 0. The molecule has 0 aliphatic carbocycles. The quantitative estimate of drug-likeness (QED) is 0.664. The van der Waals surface area contributed by atoms with Crippen LogP contribution in [0.2, 0.25) is 0 Å². The standard InChI is InChI=1S/C15H6F4N6O/c16-10-3-8(13-23-14(26-24-13)15(17,18)19)1-2-9(10)6-25-7-22-11(4-20)12(25)5-21/h1-3,7H,6H2. The van der Waals surface area contributed by atoms with Crippen LogP contribution in [0.5, 0.6) is 0 Å². The molecule has 2 heterocycles. The Bertz CT molecular complexity index is 1050. The zero-order valence-corrected chi connectivity index (χ0v) is 12.6. The van der Waals surface area contributed by atoms with Crippen LogP contribution >= 0.6 is 0 Å². The molecule has 0 saturated heterocycles. The van der Waals surface area contributed by atoms with Crippen molar-refractivity contribution in [1.82, 2.24) is 19.7 Å². The number of aromatic nitrogens is 4. The van der Waals surface area contributed by atoms with Crippen molar-refractivity contribution in [3.05, 3.63) is 53.2 Å². The van der Waals surface area contributed by atoms with Gasteiger partial charge in [0.15, 0.2) is 11.4 Å². The van der Waals surface area contributed by atoms with Crippen LogP contribution in [0.15, 0.2) is 29.0 Å². The maximum atomic E-state index is 14.3. The lowest BCUT2D eigenvalue weighted by atomic mass is 10.1. The number of imidazole rings is 1. The first-order chi connectivity index (χ1) is 12.3. The van der Waals surface area contributed by atoms with Gasteiger partial charge in [-0.3, -0.25) is 0 Å². The SMILES string of the molecule is N#Cc1ncn(Cc2ccc(-c3noc(C(F)(F)F)n3)cc2F)c1C#N. The minimum atomic E-state index is -4.79. The summed E-state index contributed by atoms with van der Waals surface area (Å²) in [6, 6.07) is 7.13. The van der Waals surface area contributed by atoms with Crippen LogP contribution in [-0.2, 0) is 12.7 Å². The Hall–Kier alpha value is -3.73. The summed E-state index contributed by atoms with van der Waals surface area (Å²) in [5.74, 6) is -2.69. The zero-order valence-electron chi connectivity index (χ0n) is 12.6. The maximum absolute atomic E-state index is 14.3. The Morgan fingerprint density at radius 3 is 2.54 bits per heavy atom. The second-order valence-corrected chi connectivity index (χ2v) is 5.02. The molecule has 0 fully saturated rings. The third-order valence-electron chi connectivity index (χ3n) is 3.37. The molecule has 130 valence electrons. The van der Waals surface area contributed by atoms with Crippen molar-refractivity contribution in [1.29, 1.82) is 10.5 Å². The van der Waals surface area contributed by atoms with Crippen molar-refractivity contribution < 1.29 is 22.1 Å². The predicted octanol–water partition coefficient (Wildman–Crippen LogP) is 2.88. The number of nitriles is 2. The van der Waals surface area contributed by atoms with Crippen molar-refractivity contribution in [2.45, 2.75) is 12.7 Å². The van der Waals surface area contributed by atoms with Gasteiger partial charge in [0.2, 0.25) is 5.82 Å². The van der Waals surface area contributed by atoms with Crippen LogP contribution in [0.3, 0.4) is 0 Å². The molecule has 0 atom stereocenters. The van der Waals surface area contributed by atoms with Gasteiger partial charge in [-0.2, -0.15) is 28.7 Å². The van der Waals surface area contributed by atoms with Gasteiger partial charge >= 0.3 is 12.1 Å². The van der Waals surface area contributed by atoms with Gasteiger partial charge in [0.25, 0.3) is 0 Å². The Balaban J connectivity index is 1.89. The fraction of sp³-hybridized carbons (Fsp3) is 0.133.